The minimum absolute atomic E-state index is 0.00851. The first-order valence-electron chi connectivity index (χ1n) is 7.79. The molecule has 0 saturated heterocycles. The number of amidine groups is 1. The van der Waals surface area contributed by atoms with Gasteiger partial charge >= 0.3 is 0 Å². The number of benzene rings is 1. The number of fused-ring (bicyclic) bond motifs is 3. The topological polar surface area (TPSA) is 58.8 Å². The van der Waals surface area contributed by atoms with Gasteiger partial charge < -0.3 is 5.32 Å². The molecule has 0 spiro atoms. The Kier molecular flexibility index (Phi) is 3.69. The van der Waals surface area contributed by atoms with E-state index < -0.39 is 6.04 Å². The highest BCUT2D eigenvalue weighted by molar-refractivity contribution is 9.10. The lowest BCUT2D eigenvalue weighted by atomic mass is 10.1. The number of carbonyl (C=O) groups excluding carboxylic acids is 1. The Labute approximate surface area is 147 Å². The van der Waals surface area contributed by atoms with Crippen molar-refractivity contribution in [1.82, 2.24) is 9.38 Å². The molecule has 3 aromatic rings. The molecule has 1 aromatic carbocycles. The van der Waals surface area contributed by atoms with E-state index in [2.05, 4.69) is 31.2 Å². The molecule has 2 aromatic heterocycles. The summed E-state index contributed by atoms with van der Waals surface area (Å²) in [7, 11) is 0. The second-order valence-corrected chi connectivity index (χ2v) is 6.55. The van der Waals surface area contributed by atoms with Gasteiger partial charge in [-0.15, -0.1) is 0 Å². The number of nitrogens with zero attached hydrogens (tertiary/aromatic N) is 3. The van der Waals surface area contributed by atoms with Gasteiger partial charge in [-0.3, -0.25) is 14.2 Å². The van der Waals surface area contributed by atoms with E-state index >= 15 is 0 Å². The van der Waals surface area contributed by atoms with Crippen LogP contribution in [0.1, 0.15) is 29.4 Å². The minimum atomic E-state index is -0.419. The zero-order chi connectivity index (χ0) is 16.7. The van der Waals surface area contributed by atoms with E-state index in [1.54, 1.807) is 0 Å². The van der Waals surface area contributed by atoms with Gasteiger partial charge in [0.25, 0.3) is 0 Å². The van der Waals surface area contributed by atoms with Gasteiger partial charge in [-0.25, -0.2) is 4.98 Å². The van der Waals surface area contributed by atoms with Crippen LogP contribution in [0.4, 0.5) is 5.82 Å². The summed E-state index contributed by atoms with van der Waals surface area (Å²) in [6.45, 7) is 1.97. The molecule has 0 unspecified atom stereocenters. The van der Waals surface area contributed by atoms with Gasteiger partial charge in [0, 0.05) is 16.2 Å². The number of ketones is 1. The lowest BCUT2D eigenvalue weighted by Crippen LogP contribution is -2.20. The number of hydrogen-bond donors (Lipinski definition) is 1. The van der Waals surface area contributed by atoms with Gasteiger partial charge in [-0.2, -0.15) is 0 Å². The molecule has 4 rings (SSSR count). The number of aromatic nitrogens is 2. The molecule has 1 atom stereocenters. The SMILES string of the molecule is CC[C@@H]1N=C(c2ccc(Br)cc2)Nc2nc3ccccn3c2C1=O. The van der Waals surface area contributed by atoms with E-state index in [0.717, 1.165) is 15.7 Å². The van der Waals surface area contributed by atoms with Crippen LogP contribution in [0.15, 0.2) is 58.1 Å². The quantitative estimate of drug-likeness (QED) is 0.730. The van der Waals surface area contributed by atoms with E-state index in [1.807, 2.05) is 60.0 Å². The fourth-order valence-electron chi connectivity index (χ4n) is 2.87. The first-order valence-corrected chi connectivity index (χ1v) is 8.58. The van der Waals surface area contributed by atoms with Crippen molar-refractivity contribution in [2.75, 3.05) is 5.32 Å². The molecule has 0 aliphatic carbocycles. The van der Waals surface area contributed by atoms with Crippen LogP contribution >= 0.6 is 15.9 Å². The second kappa shape index (κ2) is 5.87. The Balaban J connectivity index is 1.89. The van der Waals surface area contributed by atoms with Crippen molar-refractivity contribution in [2.24, 2.45) is 4.99 Å². The molecule has 0 saturated carbocycles. The average molecular weight is 383 g/mol. The molecule has 24 heavy (non-hydrogen) atoms. The van der Waals surface area contributed by atoms with E-state index in [1.165, 1.54) is 0 Å². The van der Waals surface area contributed by atoms with Crippen molar-refractivity contribution in [3.8, 4) is 0 Å². The maximum Gasteiger partial charge on any atom is 0.207 e. The van der Waals surface area contributed by atoms with Crippen LogP contribution in [-0.2, 0) is 0 Å². The number of aliphatic imine (C=N–C) groups is 1. The van der Waals surface area contributed by atoms with Crippen molar-refractivity contribution in [2.45, 2.75) is 19.4 Å². The molecule has 0 fully saturated rings. The Morgan fingerprint density at radius 2 is 2.00 bits per heavy atom. The third-order valence-electron chi connectivity index (χ3n) is 4.09. The Bertz CT molecular complexity index is 959. The van der Waals surface area contributed by atoms with Crippen molar-refractivity contribution in [1.29, 1.82) is 0 Å². The molecular weight excluding hydrogens is 368 g/mol. The van der Waals surface area contributed by atoms with E-state index in [9.17, 15) is 4.79 Å². The summed E-state index contributed by atoms with van der Waals surface area (Å²) < 4.78 is 2.82. The number of anilines is 1. The van der Waals surface area contributed by atoms with Gasteiger partial charge in [-0.05, 0) is 30.7 Å². The van der Waals surface area contributed by atoms with Gasteiger partial charge in [0.05, 0.1) is 0 Å². The number of carbonyl (C=O) groups is 1. The maximum atomic E-state index is 13.0. The first-order chi connectivity index (χ1) is 11.7. The highest BCUT2D eigenvalue weighted by Gasteiger charge is 2.29. The lowest BCUT2D eigenvalue weighted by Gasteiger charge is -2.09. The molecule has 1 aliphatic heterocycles. The van der Waals surface area contributed by atoms with Crippen LogP contribution in [0, 0.1) is 0 Å². The van der Waals surface area contributed by atoms with Gasteiger partial charge in [-0.1, -0.05) is 41.1 Å². The predicted molar refractivity (Wildman–Crippen MR) is 97.9 cm³/mol. The number of rotatable bonds is 2. The Hall–Kier alpha value is -2.47. The van der Waals surface area contributed by atoms with Gasteiger partial charge in [0.15, 0.2) is 5.82 Å². The zero-order valence-electron chi connectivity index (χ0n) is 13.0. The highest BCUT2D eigenvalue weighted by atomic mass is 79.9. The molecule has 0 bridgehead atoms. The smallest absolute Gasteiger partial charge is 0.207 e. The van der Waals surface area contributed by atoms with Crippen molar-refractivity contribution in [3.05, 3.63) is 64.4 Å². The summed E-state index contributed by atoms with van der Waals surface area (Å²) in [6.07, 6.45) is 2.50. The van der Waals surface area contributed by atoms with Crippen LogP contribution in [-0.4, -0.2) is 27.0 Å². The second-order valence-electron chi connectivity index (χ2n) is 5.64. The van der Waals surface area contributed by atoms with Crippen LogP contribution in [0.3, 0.4) is 0 Å². The summed E-state index contributed by atoms with van der Waals surface area (Å²) >= 11 is 3.44. The largest absolute Gasteiger partial charge is 0.323 e. The standard InChI is InChI=1S/C18H15BrN4O/c1-2-13-16(24)15-18(21-14-5-3-4-10-23(14)15)22-17(20-13)11-6-8-12(19)9-7-11/h3-10,13H,2H2,1H3,(H,20,22)/t13-/m0/s1. The van der Waals surface area contributed by atoms with Crippen molar-refractivity contribution in [3.63, 3.8) is 0 Å². The summed E-state index contributed by atoms with van der Waals surface area (Å²) in [5.41, 5.74) is 2.23. The fraction of sp³-hybridized carbons (Fsp3) is 0.167. The summed E-state index contributed by atoms with van der Waals surface area (Å²) in [5.74, 6) is 1.22. The fourth-order valence-corrected chi connectivity index (χ4v) is 3.13. The molecule has 0 radical (unpaired) electrons. The molecule has 0 amide bonds. The summed E-state index contributed by atoms with van der Waals surface area (Å²) in [5, 5.41) is 3.26. The van der Waals surface area contributed by atoms with E-state index in [-0.39, 0.29) is 5.78 Å². The van der Waals surface area contributed by atoms with Crippen LogP contribution in [0.25, 0.3) is 5.65 Å². The summed E-state index contributed by atoms with van der Waals surface area (Å²) in [4.78, 5) is 22.2. The molecule has 120 valence electrons. The van der Waals surface area contributed by atoms with Crippen molar-refractivity contribution >= 4 is 39.0 Å². The third-order valence-corrected chi connectivity index (χ3v) is 4.62. The van der Waals surface area contributed by atoms with Crippen LogP contribution in [0.2, 0.25) is 0 Å². The number of nitrogens with one attached hydrogen (secondary N) is 1. The Morgan fingerprint density at radius 1 is 1.21 bits per heavy atom. The van der Waals surface area contributed by atoms with Crippen LogP contribution in [0.5, 0.6) is 0 Å². The molecule has 1 aliphatic rings. The van der Waals surface area contributed by atoms with Crippen molar-refractivity contribution < 1.29 is 4.79 Å². The molecule has 1 N–H and O–H groups in total. The number of pyridine rings is 1. The van der Waals surface area contributed by atoms with E-state index in [0.29, 0.717) is 23.8 Å². The highest BCUT2D eigenvalue weighted by Crippen LogP contribution is 2.25. The number of Topliss-reactive ketones (excluding diaryl/α,β-unsaturated/α-hetero) is 1. The molecule has 6 heteroatoms. The zero-order valence-corrected chi connectivity index (χ0v) is 14.6. The monoisotopic (exact) mass is 382 g/mol. The lowest BCUT2D eigenvalue weighted by molar-refractivity contribution is 0.0956. The molecule has 3 heterocycles. The number of hydrogen-bond acceptors (Lipinski definition) is 4. The Morgan fingerprint density at radius 3 is 2.75 bits per heavy atom. The maximum absolute atomic E-state index is 13.0. The third kappa shape index (κ3) is 2.43. The predicted octanol–water partition coefficient (Wildman–Crippen LogP) is 3.93. The van der Waals surface area contributed by atoms with Gasteiger partial charge in [0.2, 0.25) is 5.78 Å². The normalized spacial score (nSPS) is 17.2. The minimum Gasteiger partial charge on any atom is -0.323 e. The average Bonchev–Trinajstić information content (AvgIpc) is 2.90. The first kappa shape index (κ1) is 15.1. The van der Waals surface area contributed by atoms with E-state index in [4.69, 9.17) is 0 Å². The molecule has 5 nitrogen and oxygen atoms in total. The van der Waals surface area contributed by atoms with Gasteiger partial charge in [0.1, 0.15) is 23.2 Å². The molecular formula is C18H15BrN4O. The van der Waals surface area contributed by atoms with Crippen LogP contribution < -0.4 is 5.32 Å². The number of imidazole rings is 1. The number of halogens is 1. The summed E-state index contributed by atoms with van der Waals surface area (Å²) in [6, 6.07) is 13.1.